The highest BCUT2D eigenvalue weighted by Gasteiger charge is 2.18. The summed E-state index contributed by atoms with van der Waals surface area (Å²) < 4.78 is 3.14. The van der Waals surface area contributed by atoms with Crippen molar-refractivity contribution in [2.24, 2.45) is 0 Å². The predicted molar refractivity (Wildman–Crippen MR) is 48.0 cm³/mol. The lowest BCUT2D eigenvalue weighted by Crippen LogP contribution is -2.31. The quantitative estimate of drug-likeness (QED) is 0.340. The van der Waals surface area contributed by atoms with Crippen LogP contribution in [-0.4, -0.2) is 17.3 Å². The van der Waals surface area contributed by atoms with Crippen LogP contribution in [0.25, 0.3) is 0 Å². The van der Waals surface area contributed by atoms with Gasteiger partial charge in [0.05, 0.1) is 6.10 Å². The number of rotatable bonds is 2. The van der Waals surface area contributed by atoms with Crippen molar-refractivity contribution in [2.75, 3.05) is 0 Å². The van der Waals surface area contributed by atoms with Crippen molar-refractivity contribution in [1.82, 2.24) is 4.72 Å². The molecule has 2 unspecified atom stereocenters. The molecule has 1 saturated carbocycles. The summed E-state index contributed by atoms with van der Waals surface area (Å²) in [6.07, 6.45) is 4.06. The van der Waals surface area contributed by atoms with E-state index in [4.69, 9.17) is 0 Å². The van der Waals surface area contributed by atoms with Crippen LogP contribution >= 0.6 is 22.6 Å². The Kier molecular flexibility index (Phi) is 3.91. The lowest BCUT2D eigenvalue weighted by atomic mass is 9.94. The average Bonchev–Trinajstić information content (AvgIpc) is 1.88. The lowest BCUT2D eigenvalue weighted by Gasteiger charge is -2.25. The minimum atomic E-state index is -0.0910. The van der Waals surface area contributed by atoms with Crippen molar-refractivity contribution in [3.63, 3.8) is 0 Å². The van der Waals surface area contributed by atoms with Crippen molar-refractivity contribution in [3.8, 4) is 0 Å². The fourth-order valence-corrected chi connectivity index (χ4v) is 2.16. The fraction of sp³-hybridized carbons (Fsp3) is 1.00. The molecule has 0 spiro atoms. The van der Waals surface area contributed by atoms with Crippen molar-refractivity contribution < 1.29 is 5.11 Å². The molecule has 2 N–H and O–H groups in total. The van der Waals surface area contributed by atoms with E-state index in [1.807, 2.05) is 0 Å². The summed E-state index contributed by atoms with van der Waals surface area (Å²) in [5.74, 6) is 0. The van der Waals surface area contributed by atoms with Gasteiger partial charge in [-0.15, -0.1) is 0 Å². The Labute approximate surface area is 70.7 Å². The van der Waals surface area contributed by atoms with E-state index in [9.17, 15) is 5.11 Å². The van der Waals surface area contributed by atoms with Gasteiger partial charge in [0.1, 0.15) is 0 Å². The molecule has 0 aromatic carbocycles. The maximum Gasteiger partial charge on any atom is 0.0555 e. The van der Waals surface area contributed by atoms with Crippen LogP contribution in [0.15, 0.2) is 0 Å². The number of hydrogen-bond donors (Lipinski definition) is 3. The molecular weight excluding hydrogens is 166 g/mol. The molecule has 0 bridgehead atoms. The van der Waals surface area contributed by atoms with Gasteiger partial charge in [-0.2, -0.15) is 0 Å². The van der Waals surface area contributed by atoms with Crippen LogP contribution in [0.3, 0.4) is 0 Å². The van der Waals surface area contributed by atoms with Crippen molar-refractivity contribution >= 4 is 22.6 Å². The van der Waals surface area contributed by atoms with Gasteiger partial charge in [0.2, 0.25) is 0 Å². The summed E-state index contributed by atoms with van der Waals surface area (Å²) in [5, 5.41) is 9.23. The van der Waals surface area contributed by atoms with Crippen LogP contribution in [0.1, 0.15) is 25.7 Å². The van der Waals surface area contributed by atoms with Crippen molar-refractivity contribution in [1.29, 1.82) is 0 Å². The van der Waals surface area contributed by atoms with Crippen molar-refractivity contribution in [3.05, 3.63) is 0 Å². The van der Waals surface area contributed by atoms with Crippen LogP contribution < -0.4 is 4.72 Å². The molecule has 1 aliphatic carbocycles. The topological polar surface area (TPSA) is 32.3 Å². The Morgan fingerprint density at radius 2 is 2.30 bits per heavy atom. The van der Waals surface area contributed by atoms with Crippen LogP contribution in [-0.2, 0) is 0 Å². The van der Waals surface area contributed by atoms with Gasteiger partial charge in [0, 0.05) is 6.04 Å². The predicted octanol–water partition coefficient (Wildman–Crippen LogP) is 1.37. The maximum atomic E-state index is 9.23. The van der Waals surface area contributed by atoms with Crippen molar-refractivity contribution in [2.45, 2.75) is 37.8 Å². The summed E-state index contributed by atoms with van der Waals surface area (Å²) in [6.45, 7) is 0. The third-order valence-corrected chi connectivity index (χ3v) is 2.62. The SMILES string of the molecule is OC1CCCC(NSS)C1. The molecule has 0 aliphatic heterocycles. The van der Waals surface area contributed by atoms with Gasteiger partial charge in [-0.1, -0.05) is 11.7 Å². The zero-order valence-electron chi connectivity index (χ0n) is 5.79. The molecule has 1 rings (SSSR count). The summed E-state index contributed by atoms with van der Waals surface area (Å²) in [7, 11) is 1.34. The largest absolute Gasteiger partial charge is 0.393 e. The third kappa shape index (κ3) is 2.70. The fourth-order valence-electron chi connectivity index (χ4n) is 1.35. The maximum absolute atomic E-state index is 9.23. The van der Waals surface area contributed by atoms with Crippen LogP contribution in [0.4, 0.5) is 0 Å². The van der Waals surface area contributed by atoms with Crippen LogP contribution in [0.5, 0.6) is 0 Å². The normalized spacial score (nSPS) is 34.2. The summed E-state index contributed by atoms with van der Waals surface area (Å²) in [6, 6.07) is 0.464. The molecule has 0 aromatic rings. The van der Waals surface area contributed by atoms with E-state index >= 15 is 0 Å². The van der Waals surface area contributed by atoms with E-state index in [2.05, 4.69) is 16.4 Å². The second-order valence-electron chi connectivity index (χ2n) is 2.73. The molecule has 10 heavy (non-hydrogen) atoms. The Morgan fingerprint density at radius 1 is 1.50 bits per heavy atom. The number of aliphatic hydroxyl groups is 1. The molecule has 0 radical (unpaired) electrons. The molecular formula is C6H13NOS2. The number of hydrogen-bond acceptors (Lipinski definition) is 4. The molecule has 0 aromatic heterocycles. The van der Waals surface area contributed by atoms with E-state index in [1.165, 1.54) is 17.4 Å². The van der Waals surface area contributed by atoms with Gasteiger partial charge in [0.25, 0.3) is 0 Å². The zero-order chi connectivity index (χ0) is 7.40. The van der Waals surface area contributed by atoms with E-state index < -0.39 is 0 Å². The van der Waals surface area contributed by atoms with Gasteiger partial charge < -0.3 is 5.11 Å². The van der Waals surface area contributed by atoms with Gasteiger partial charge in [-0.25, -0.2) is 0 Å². The molecule has 0 amide bonds. The second kappa shape index (κ2) is 4.49. The van der Waals surface area contributed by atoms with Gasteiger partial charge in [-0.05, 0) is 36.7 Å². The lowest BCUT2D eigenvalue weighted by molar-refractivity contribution is 0.118. The van der Waals surface area contributed by atoms with Crippen LogP contribution in [0, 0.1) is 0 Å². The molecule has 1 fully saturated rings. The summed E-state index contributed by atoms with van der Waals surface area (Å²) >= 11 is 3.98. The molecule has 0 saturated heterocycles. The minimum Gasteiger partial charge on any atom is -0.393 e. The Bertz CT molecular complexity index is 99.7. The standard InChI is InChI=1S/C6H13NOS2/c8-6-3-1-2-5(4-6)7-10-9/h5-9H,1-4H2. The second-order valence-corrected chi connectivity index (χ2v) is 3.69. The van der Waals surface area contributed by atoms with Gasteiger partial charge >= 0.3 is 0 Å². The average molecular weight is 179 g/mol. The molecule has 0 heterocycles. The number of nitrogens with one attached hydrogen (secondary N) is 1. The highest BCUT2D eigenvalue weighted by molar-refractivity contribution is 8.67. The number of thiol groups is 1. The smallest absolute Gasteiger partial charge is 0.0555 e. The van der Waals surface area contributed by atoms with E-state index in [0.29, 0.717) is 6.04 Å². The third-order valence-electron chi connectivity index (χ3n) is 1.87. The van der Waals surface area contributed by atoms with E-state index in [-0.39, 0.29) is 6.10 Å². The molecule has 4 heteroatoms. The number of aliphatic hydroxyl groups excluding tert-OH is 1. The minimum absolute atomic E-state index is 0.0910. The Balaban J connectivity index is 2.18. The monoisotopic (exact) mass is 179 g/mol. The van der Waals surface area contributed by atoms with Gasteiger partial charge in [-0.3, -0.25) is 4.72 Å². The molecule has 2 atom stereocenters. The van der Waals surface area contributed by atoms with E-state index in [0.717, 1.165) is 19.3 Å². The summed E-state index contributed by atoms with van der Waals surface area (Å²) in [5.41, 5.74) is 0. The first kappa shape index (κ1) is 8.71. The summed E-state index contributed by atoms with van der Waals surface area (Å²) in [4.78, 5) is 0. The first-order valence-corrected chi connectivity index (χ1v) is 5.44. The van der Waals surface area contributed by atoms with E-state index in [1.54, 1.807) is 0 Å². The highest BCUT2D eigenvalue weighted by Crippen LogP contribution is 2.20. The Hall–Kier alpha value is 0.620. The molecule has 2 nitrogen and oxygen atoms in total. The first-order chi connectivity index (χ1) is 4.83. The van der Waals surface area contributed by atoms with Gasteiger partial charge in [0.15, 0.2) is 0 Å². The van der Waals surface area contributed by atoms with Crippen LogP contribution in [0.2, 0.25) is 0 Å². The first-order valence-electron chi connectivity index (χ1n) is 3.57. The zero-order valence-corrected chi connectivity index (χ0v) is 7.50. The molecule has 60 valence electrons. The highest BCUT2D eigenvalue weighted by atomic mass is 33.1. The molecule has 1 aliphatic rings. The Morgan fingerprint density at radius 3 is 2.90 bits per heavy atom.